The van der Waals surface area contributed by atoms with E-state index in [1.165, 1.54) is 42.7 Å². The smallest absolute Gasteiger partial charge is 0.0480 e. The summed E-state index contributed by atoms with van der Waals surface area (Å²) >= 11 is 1.94. The fraction of sp³-hybridized carbons (Fsp3) is 0.684. The number of nitrogens with one attached hydrogen (secondary N) is 1. The van der Waals surface area contributed by atoms with E-state index in [0.717, 1.165) is 11.7 Å². The molecule has 0 spiro atoms. The highest BCUT2D eigenvalue weighted by molar-refractivity contribution is 7.99. The van der Waals surface area contributed by atoms with Crippen molar-refractivity contribution in [3.63, 3.8) is 0 Å². The van der Waals surface area contributed by atoms with E-state index in [-0.39, 0.29) is 0 Å². The molecule has 21 heavy (non-hydrogen) atoms. The minimum atomic E-state index is 0.463. The molecule has 1 aliphatic carbocycles. The molecule has 1 saturated carbocycles. The van der Waals surface area contributed by atoms with Crippen LogP contribution in [0.3, 0.4) is 0 Å². The number of para-hydroxylation sites is 1. The van der Waals surface area contributed by atoms with Crippen LogP contribution in [-0.2, 0) is 0 Å². The number of thioether (sulfide) groups is 1. The van der Waals surface area contributed by atoms with Crippen LogP contribution in [0.15, 0.2) is 29.2 Å². The molecular weight excluding hydrogens is 274 g/mol. The second-order valence-corrected chi connectivity index (χ2v) is 8.65. The summed E-state index contributed by atoms with van der Waals surface area (Å²) in [4.78, 5) is 1.40. The summed E-state index contributed by atoms with van der Waals surface area (Å²) in [6.07, 6.45) is 6.75. The summed E-state index contributed by atoms with van der Waals surface area (Å²) in [5.74, 6) is 2.01. The van der Waals surface area contributed by atoms with Gasteiger partial charge in [0, 0.05) is 16.6 Å². The molecule has 1 N–H and O–H groups in total. The fourth-order valence-electron chi connectivity index (χ4n) is 3.40. The Morgan fingerprint density at radius 2 is 1.86 bits per heavy atom. The molecule has 0 heterocycles. The number of rotatable bonds is 4. The molecule has 0 saturated heterocycles. The van der Waals surface area contributed by atoms with E-state index < -0.39 is 0 Å². The van der Waals surface area contributed by atoms with Gasteiger partial charge < -0.3 is 5.32 Å². The summed E-state index contributed by atoms with van der Waals surface area (Å²) in [5.41, 5.74) is 1.80. The zero-order valence-electron chi connectivity index (χ0n) is 14.1. The van der Waals surface area contributed by atoms with Crippen LogP contribution >= 0.6 is 11.8 Å². The monoisotopic (exact) mass is 305 g/mol. The Bertz CT molecular complexity index is 435. The quantitative estimate of drug-likeness (QED) is 0.524. The van der Waals surface area contributed by atoms with E-state index in [0.29, 0.717) is 11.5 Å². The maximum absolute atomic E-state index is 3.83. The average molecular weight is 306 g/mol. The van der Waals surface area contributed by atoms with Gasteiger partial charge in [-0.2, -0.15) is 0 Å². The van der Waals surface area contributed by atoms with E-state index in [9.17, 15) is 0 Å². The van der Waals surface area contributed by atoms with Crippen molar-refractivity contribution in [2.24, 2.45) is 11.3 Å². The van der Waals surface area contributed by atoms with Crippen molar-refractivity contribution in [3.05, 3.63) is 24.3 Å². The first-order valence-electron chi connectivity index (χ1n) is 8.49. The van der Waals surface area contributed by atoms with Gasteiger partial charge in [0.1, 0.15) is 0 Å². The lowest BCUT2D eigenvalue weighted by Crippen LogP contribution is -2.21. The molecule has 0 amide bonds. The maximum Gasteiger partial charge on any atom is 0.0480 e. The molecule has 1 fully saturated rings. The Hall–Kier alpha value is -0.630. The van der Waals surface area contributed by atoms with Gasteiger partial charge in [-0.15, -0.1) is 11.8 Å². The van der Waals surface area contributed by atoms with Crippen molar-refractivity contribution >= 4 is 17.4 Å². The third kappa shape index (κ3) is 4.95. The highest BCUT2D eigenvalue weighted by Gasteiger charge is 2.27. The van der Waals surface area contributed by atoms with Crippen LogP contribution < -0.4 is 5.32 Å². The zero-order chi connectivity index (χ0) is 15.3. The summed E-state index contributed by atoms with van der Waals surface area (Å²) in [5, 5.41) is 3.83. The SMILES string of the molecule is CCSc1ccccc1NC1CCCC(C(C)(C)C)CC1. The van der Waals surface area contributed by atoms with Crippen molar-refractivity contribution in [2.75, 3.05) is 11.1 Å². The first-order valence-corrected chi connectivity index (χ1v) is 9.47. The molecule has 2 rings (SSSR count). The zero-order valence-corrected chi connectivity index (χ0v) is 14.9. The van der Waals surface area contributed by atoms with Gasteiger partial charge in [0.05, 0.1) is 0 Å². The van der Waals surface area contributed by atoms with E-state index in [2.05, 4.69) is 57.3 Å². The van der Waals surface area contributed by atoms with Crippen LogP contribution in [0, 0.1) is 11.3 Å². The van der Waals surface area contributed by atoms with Crippen LogP contribution in [0.5, 0.6) is 0 Å². The number of anilines is 1. The van der Waals surface area contributed by atoms with Crippen molar-refractivity contribution in [1.29, 1.82) is 0 Å². The highest BCUT2D eigenvalue weighted by Crippen LogP contribution is 2.38. The van der Waals surface area contributed by atoms with Gasteiger partial charge in [-0.3, -0.25) is 0 Å². The fourth-order valence-corrected chi connectivity index (χ4v) is 4.17. The third-order valence-corrected chi connectivity index (χ3v) is 5.70. The average Bonchev–Trinajstić information content (AvgIpc) is 2.66. The normalized spacial score (nSPS) is 23.6. The molecule has 0 aromatic heterocycles. The second kappa shape index (κ2) is 7.58. The minimum absolute atomic E-state index is 0.463. The van der Waals surface area contributed by atoms with Crippen LogP contribution in [0.4, 0.5) is 5.69 Å². The van der Waals surface area contributed by atoms with Gasteiger partial charge in [-0.25, -0.2) is 0 Å². The number of benzene rings is 1. The van der Waals surface area contributed by atoms with Crippen LogP contribution in [0.25, 0.3) is 0 Å². The molecule has 2 unspecified atom stereocenters. The molecule has 1 aliphatic rings. The number of hydrogen-bond acceptors (Lipinski definition) is 2. The molecule has 2 atom stereocenters. The summed E-state index contributed by atoms with van der Waals surface area (Å²) in [6, 6.07) is 9.42. The Labute approximate surface area is 135 Å². The molecule has 0 bridgehead atoms. The lowest BCUT2D eigenvalue weighted by atomic mass is 9.76. The summed E-state index contributed by atoms with van der Waals surface area (Å²) < 4.78 is 0. The Morgan fingerprint density at radius 3 is 2.57 bits per heavy atom. The molecule has 0 radical (unpaired) electrons. The lowest BCUT2D eigenvalue weighted by molar-refractivity contribution is 0.214. The predicted molar refractivity (Wildman–Crippen MR) is 96.3 cm³/mol. The van der Waals surface area contributed by atoms with Gasteiger partial charge >= 0.3 is 0 Å². The van der Waals surface area contributed by atoms with E-state index in [4.69, 9.17) is 0 Å². The Kier molecular flexibility index (Phi) is 6.04. The largest absolute Gasteiger partial charge is 0.381 e. The van der Waals surface area contributed by atoms with Crippen LogP contribution in [0.2, 0.25) is 0 Å². The molecule has 0 aliphatic heterocycles. The standard InChI is InChI=1S/C19H31NS/c1-5-21-18-12-7-6-11-17(18)20-16-10-8-9-15(13-14-16)19(2,3)4/h6-7,11-12,15-16,20H,5,8-10,13-14H2,1-4H3. The van der Waals surface area contributed by atoms with E-state index >= 15 is 0 Å². The number of hydrogen-bond donors (Lipinski definition) is 1. The predicted octanol–water partition coefficient (Wildman–Crippen LogP) is 6.21. The van der Waals surface area contributed by atoms with Crippen molar-refractivity contribution in [2.45, 2.75) is 70.7 Å². The lowest BCUT2D eigenvalue weighted by Gasteiger charge is -2.29. The molecule has 1 aromatic rings. The summed E-state index contributed by atoms with van der Waals surface area (Å²) in [7, 11) is 0. The maximum atomic E-state index is 3.83. The van der Waals surface area contributed by atoms with Gasteiger partial charge in [-0.05, 0) is 54.9 Å². The third-order valence-electron chi connectivity index (χ3n) is 4.74. The highest BCUT2D eigenvalue weighted by atomic mass is 32.2. The van der Waals surface area contributed by atoms with Gasteiger partial charge in [0.2, 0.25) is 0 Å². The molecule has 2 heteroatoms. The topological polar surface area (TPSA) is 12.0 Å². The minimum Gasteiger partial charge on any atom is -0.381 e. The molecule has 118 valence electrons. The van der Waals surface area contributed by atoms with Crippen molar-refractivity contribution in [1.82, 2.24) is 0 Å². The molecule has 1 aromatic carbocycles. The Morgan fingerprint density at radius 1 is 1.10 bits per heavy atom. The van der Waals surface area contributed by atoms with Crippen LogP contribution in [-0.4, -0.2) is 11.8 Å². The second-order valence-electron chi connectivity index (χ2n) is 7.34. The van der Waals surface area contributed by atoms with Gasteiger partial charge in [-0.1, -0.05) is 46.2 Å². The molecule has 1 nitrogen and oxygen atoms in total. The van der Waals surface area contributed by atoms with Crippen molar-refractivity contribution < 1.29 is 0 Å². The van der Waals surface area contributed by atoms with Gasteiger partial charge in [0.25, 0.3) is 0 Å². The Balaban J connectivity index is 1.98. The first kappa shape index (κ1) is 16.7. The summed E-state index contributed by atoms with van der Waals surface area (Å²) in [6.45, 7) is 9.43. The van der Waals surface area contributed by atoms with E-state index in [1.54, 1.807) is 0 Å². The van der Waals surface area contributed by atoms with Crippen LogP contribution in [0.1, 0.15) is 59.8 Å². The van der Waals surface area contributed by atoms with Crippen molar-refractivity contribution in [3.8, 4) is 0 Å². The van der Waals surface area contributed by atoms with E-state index in [1.807, 2.05) is 11.8 Å². The van der Waals surface area contributed by atoms with Gasteiger partial charge in [0.15, 0.2) is 0 Å². The first-order chi connectivity index (χ1) is 10.0. The molecular formula is C19H31NS.